The Morgan fingerprint density at radius 2 is 0.909 bits per heavy atom. The van der Waals surface area contributed by atoms with E-state index in [1.165, 1.54) is 154 Å². The number of ether oxygens (including phenoxy) is 1. The largest absolute Gasteiger partial charge is 0.466 e. The zero-order chi connectivity index (χ0) is 40.1. The average molecular weight is 776 g/mol. The first-order valence-corrected chi connectivity index (χ1v) is 24.1. The highest BCUT2D eigenvalue weighted by atomic mass is 16.5. The number of nitrogens with one attached hydrogen (secondary N) is 1. The summed E-state index contributed by atoms with van der Waals surface area (Å²) in [4.78, 5) is 24.4. The van der Waals surface area contributed by atoms with E-state index in [9.17, 15) is 19.8 Å². The van der Waals surface area contributed by atoms with E-state index in [-0.39, 0.29) is 18.5 Å². The lowest BCUT2D eigenvalue weighted by molar-refractivity contribution is -0.143. The molecular formula is C49H93NO5. The van der Waals surface area contributed by atoms with Crippen LogP contribution in [0.3, 0.4) is 0 Å². The van der Waals surface area contributed by atoms with Gasteiger partial charge in [-0.15, -0.1) is 0 Å². The van der Waals surface area contributed by atoms with Crippen LogP contribution >= 0.6 is 0 Å². The van der Waals surface area contributed by atoms with Crippen molar-refractivity contribution < 1.29 is 24.5 Å². The minimum atomic E-state index is -0.680. The van der Waals surface area contributed by atoms with Gasteiger partial charge < -0.3 is 20.3 Å². The van der Waals surface area contributed by atoms with Crippen molar-refractivity contribution in [2.75, 3.05) is 13.2 Å². The third-order valence-corrected chi connectivity index (χ3v) is 11.0. The van der Waals surface area contributed by atoms with Crippen LogP contribution in [0, 0.1) is 0 Å². The molecule has 0 heterocycles. The van der Waals surface area contributed by atoms with Gasteiger partial charge in [0.25, 0.3) is 0 Å². The number of amides is 1. The molecule has 0 aromatic heterocycles. The minimum Gasteiger partial charge on any atom is -0.466 e. The van der Waals surface area contributed by atoms with Crippen LogP contribution in [0.2, 0.25) is 0 Å². The SMILES string of the molecule is CCCCC/C=C\C/C=C\CCCCCCCCCCCC(=O)OCCCCCCCCCCCC(=O)NC(CO)C(O)CCCCCCCCCCCC. The molecule has 1 amide bonds. The highest BCUT2D eigenvalue weighted by Crippen LogP contribution is 2.15. The van der Waals surface area contributed by atoms with Crippen LogP contribution in [-0.2, 0) is 14.3 Å². The topological polar surface area (TPSA) is 95.9 Å². The molecule has 3 N–H and O–H groups in total. The van der Waals surface area contributed by atoms with Crippen LogP contribution < -0.4 is 5.32 Å². The Kier molecular flexibility index (Phi) is 43.7. The van der Waals surface area contributed by atoms with Crippen molar-refractivity contribution in [1.82, 2.24) is 5.32 Å². The van der Waals surface area contributed by atoms with Gasteiger partial charge in [0.1, 0.15) is 0 Å². The van der Waals surface area contributed by atoms with E-state index in [1.54, 1.807) is 0 Å². The van der Waals surface area contributed by atoms with Crippen molar-refractivity contribution in [1.29, 1.82) is 0 Å². The molecule has 0 radical (unpaired) electrons. The summed E-state index contributed by atoms with van der Waals surface area (Å²) in [5, 5.41) is 23.1. The van der Waals surface area contributed by atoms with Crippen molar-refractivity contribution in [3.05, 3.63) is 24.3 Å². The van der Waals surface area contributed by atoms with Crippen molar-refractivity contribution in [2.45, 2.75) is 264 Å². The van der Waals surface area contributed by atoms with Gasteiger partial charge in [-0.2, -0.15) is 0 Å². The number of esters is 1. The number of rotatable bonds is 44. The van der Waals surface area contributed by atoms with Crippen molar-refractivity contribution in [3.63, 3.8) is 0 Å². The third-order valence-electron chi connectivity index (χ3n) is 11.0. The van der Waals surface area contributed by atoms with E-state index in [1.807, 2.05) is 0 Å². The predicted molar refractivity (Wildman–Crippen MR) is 236 cm³/mol. The normalized spacial score (nSPS) is 12.9. The van der Waals surface area contributed by atoms with Gasteiger partial charge in [-0.05, 0) is 57.8 Å². The molecule has 0 bridgehead atoms. The molecule has 0 spiro atoms. The van der Waals surface area contributed by atoms with E-state index >= 15 is 0 Å². The Morgan fingerprint density at radius 1 is 0.509 bits per heavy atom. The van der Waals surface area contributed by atoms with Gasteiger partial charge in [0, 0.05) is 12.8 Å². The lowest BCUT2D eigenvalue weighted by Gasteiger charge is -2.22. The first-order chi connectivity index (χ1) is 27.0. The van der Waals surface area contributed by atoms with E-state index in [2.05, 4.69) is 43.5 Å². The van der Waals surface area contributed by atoms with E-state index < -0.39 is 12.1 Å². The molecular weight excluding hydrogens is 683 g/mol. The van der Waals surface area contributed by atoms with Crippen molar-refractivity contribution >= 4 is 11.9 Å². The standard InChI is InChI=1S/C49H93NO5/c1-3-5-7-9-11-13-15-16-17-18-19-20-21-22-23-27-31-35-39-43-49(54)55-44-40-36-32-28-24-26-30-34-38-42-48(53)50-46(45-51)47(52)41-37-33-29-25-14-12-10-8-6-4-2/h11,13,16-17,46-47,51-52H,3-10,12,14-15,18-45H2,1-2H3,(H,50,53)/b13-11-,17-16-. The summed E-state index contributed by atoms with van der Waals surface area (Å²) in [6, 6.07) is -0.560. The molecule has 0 aliphatic rings. The Labute approximate surface area is 341 Å². The smallest absolute Gasteiger partial charge is 0.305 e. The van der Waals surface area contributed by atoms with Gasteiger partial charge in [-0.3, -0.25) is 9.59 Å². The molecule has 0 aromatic rings. The third kappa shape index (κ3) is 41.8. The van der Waals surface area contributed by atoms with Crippen LogP contribution in [0.25, 0.3) is 0 Å². The Hall–Kier alpha value is -1.66. The number of aliphatic hydroxyl groups excluding tert-OH is 2. The fraction of sp³-hybridized carbons (Fsp3) is 0.878. The molecule has 0 saturated carbocycles. The minimum absolute atomic E-state index is 0.0295. The van der Waals surface area contributed by atoms with Gasteiger partial charge >= 0.3 is 5.97 Å². The number of carbonyl (C=O) groups is 2. The zero-order valence-corrected chi connectivity index (χ0v) is 36.7. The number of hydrogen-bond donors (Lipinski definition) is 3. The Balaban J connectivity index is 3.46. The van der Waals surface area contributed by atoms with Gasteiger partial charge in [-0.25, -0.2) is 0 Å². The van der Waals surface area contributed by atoms with Gasteiger partial charge in [0.05, 0.1) is 25.4 Å². The molecule has 324 valence electrons. The lowest BCUT2D eigenvalue weighted by Crippen LogP contribution is -2.45. The van der Waals surface area contributed by atoms with E-state index in [0.717, 1.165) is 64.2 Å². The molecule has 0 aliphatic heterocycles. The quantitative estimate of drug-likeness (QED) is 0.0325. The fourth-order valence-electron chi connectivity index (χ4n) is 7.26. The number of allylic oxidation sites excluding steroid dienone is 4. The number of aliphatic hydroxyl groups is 2. The van der Waals surface area contributed by atoms with Crippen LogP contribution in [0.15, 0.2) is 24.3 Å². The second kappa shape index (κ2) is 45.0. The molecule has 6 nitrogen and oxygen atoms in total. The highest BCUT2D eigenvalue weighted by molar-refractivity contribution is 5.76. The summed E-state index contributed by atoms with van der Waals surface area (Å²) in [7, 11) is 0. The monoisotopic (exact) mass is 776 g/mol. The molecule has 0 aromatic carbocycles. The molecule has 2 unspecified atom stereocenters. The van der Waals surface area contributed by atoms with Crippen LogP contribution in [0.4, 0.5) is 0 Å². The second-order valence-electron chi connectivity index (χ2n) is 16.4. The van der Waals surface area contributed by atoms with Gasteiger partial charge in [0.2, 0.25) is 5.91 Å². The summed E-state index contributed by atoms with van der Waals surface area (Å²) >= 11 is 0. The molecule has 0 aliphatic carbocycles. The first kappa shape index (κ1) is 53.3. The van der Waals surface area contributed by atoms with Crippen LogP contribution in [0.5, 0.6) is 0 Å². The maximum absolute atomic E-state index is 12.4. The van der Waals surface area contributed by atoms with E-state index in [4.69, 9.17) is 4.74 Å². The summed E-state index contributed by atoms with van der Waals surface area (Å²) in [5.41, 5.74) is 0. The van der Waals surface area contributed by atoms with Crippen molar-refractivity contribution in [2.24, 2.45) is 0 Å². The maximum atomic E-state index is 12.4. The van der Waals surface area contributed by atoms with Crippen LogP contribution in [0.1, 0.15) is 251 Å². The Bertz CT molecular complexity index is 858. The number of hydrogen-bond acceptors (Lipinski definition) is 5. The second-order valence-corrected chi connectivity index (χ2v) is 16.4. The molecule has 6 heteroatoms. The molecule has 0 saturated heterocycles. The van der Waals surface area contributed by atoms with E-state index in [0.29, 0.717) is 25.9 Å². The number of unbranched alkanes of at least 4 members (excludes halogenated alkanes) is 29. The predicted octanol–water partition coefficient (Wildman–Crippen LogP) is 14.0. The zero-order valence-electron chi connectivity index (χ0n) is 36.7. The molecule has 55 heavy (non-hydrogen) atoms. The molecule has 2 atom stereocenters. The lowest BCUT2D eigenvalue weighted by atomic mass is 10.0. The average Bonchev–Trinajstić information content (AvgIpc) is 3.18. The highest BCUT2D eigenvalue weighted by Gasteiger charge is 2.20. The Morgan fingerprint density at radius 3 is 1.42 bits per heavy atom. The molecule has 0 rings (SSSR count). The van der Waals surface area contributed by atoms with Gasteiger partial charge in [0.15, 0.2) is 0 Å². The van der Waals surface area contributed by atoms with Crippen LogP contribution in [-0.4, -0.2) is 47.4 Å². The number of carbonyl (C=O) groups excluding carboxylic acids is 2. The summed E-state index contributed by atoms with van der Waals surface area (Å²) in [6.45, 7) is 4.84. The molecule has 0 fully saturated rings. The summed E-state index contributed by atoms with van der Waals surface area (Å²) in [6.07, 6.45) is 51.4. The summed E-state index contributed by atoms with van der Waals surface area (Å²) in [5.74, 6) is -0.0946. The van der Waals surface area contributed by atoms with Gasteiger partial charge in [-0.1, -0.05) is 205 Å². The fourth-order valence-corrected chi connectivity index (χ4v) is 7.26. The first-order valence-electron chi connectivity index (χ1n) is 24.1. The summed E-state index contributed by atoms with van der Waals surface area (Å²) < 4.78 is 5.45. The maximum Gasteiger partial charge on any atom is 0.305 e. The van der Waals surface area contributed by atoms with Crippen molar-refractivity contribution in [3.8, 4) is 0 Å².